The van der Waals surface area contributed by atoms with E-state index in [1.54, 1.807) is 12.1 Å². The third-order valence-corrected chi connectivity index (χ3v) is 4.27. The lowest BCUT2D eigenvalue weighted by molar-refractivity contribution is 0.375. The van der Waals surface area contributed by atoms with Crippen LogP contribution in [0.4, 0.5) is 0 Å². The Morgan fingerprint density at radius 2 is 1.87 bits per heavy atom. The molecule has 0 bridgehead atoms. The van der Waals surface area contributed by atoms with E-state index in [9.17, 15) is 14.8 Å². The summed E-state index contributed by atoms with van der Waals surface area (Å²) in [6.07, 6.45) is 4.46. The Morgan fingerprint density at radius 3 is 2.43 bits per heavy atom. The molecule has 0 spiro atoms. The van der Waals surface area contributed by atoms with Crippen LogP contribution in [0.1, 0.15) is 37.7 Å². The van der Waals surface area contributed by atoms with Crippen LogP contribution in [0.5, 0.6) is 5.75 Å². The molecule has 0 saturated heterocycles. The van der Waals surface area contributed by atoms with Gasteiger partial charge in [-0.1, -0.05) is 19.1 Å². The average molecular weight is 337 g/mol. The fourth-order valence-corrected chi connectivity index (χ4v) is 3.13. The molecule has 7 heteroatoms. The van der Waals surface area contributed by atoms with Crippen LogP contribution < -0.4 is 0 Å². The van der Waals surface area contributed by atoms with Gasteiger partial charge in [-0.25, -0.2) is 4.57 Å². The second-order valence-electron chi connectivity index (χ2n) is 5.46. The Balaban J connectivity index is 2.29. The number of benzene rings is 1. The quantitative estimate of drug-likeness (QED) is 0.614. The van der Waals surface area contributed by atoms with Crippen molar-refractivity contribution >= 4 is 13.5 Å². The third kappa shape index (κ3) is 5.06. The van der Waals surface area contributed by atoms with Gasteiger partial charge in [0.05, 0.1) is 5.71 Å². The highest BCUT2D eigenvalue weighted by molar-refractivity contribution is 7.50. The lowest BCUT2D eigenvalue weighted by Gasteiger charge is -2.20. The molecule has 124 valence electrons. The Morgan fingerprint density at radius 1 is 1.22 bits per heavy atom. The number of rotatable bonds is 5. The van der Waals surface area contributed by atoms with Gasteiger partial charge in [0, 0.05) is 6.42 Å². The van der Waals surface area contributed by atoms with Gasteiger partial charge in [-0.15, -0.1) is 0 Å². The van der Waals surface area contributed by atoms with Gasteiger partial charge in [0.15, 0.2) is 0 Å². The standard InChI is InChI=1S/C16H20NO5P/c1-2-11(12-3-5-14(18)6-4-12)9-13-10-15(19)7-8-16(13)17-23(20,21)22/h3-7,10-11,18-19H,2,8-9H2,1H3,(H2,20,21,22). The molecular formula is C16H20NO5P. The maximum absolute atomic E-state index is 11.2. The monoisotopic (exact) mass is 337 g/mol. The number of aromatic hydroxyl groups is 1. The van der Waals surface area contributed by atoms with Crippen molar-refractivity contribution in [2.45, 2.75) is 32.1 Å². The second-order valence-corrected chi connectivity index (χ2v) is 6.69. The third-order valence-electron chi connectivity index (χ3n) is 3.77. The summed E-state index contributed by atoms with van der Waals surface area (Å²) in [5.41, 5.74) is 1.93. The zero-order chi connectivity index (χ0) is 17.0. The summed E-state index contributed by atoms with van der Waals surface area (Å²) in [5, 5.41) is 19.1. The molecule has 2 rings (SSSR count). The van der Waals surface area contributed by atoms with Crippen LogP contribution in [-0.4, -0.2) is 25.7 Å². The normalized spacial score (nSPS) is 18.5. The molecule has 0 saturated carbocycles. The summed E-state index contributed by atoms with van der Waals surface area (Å²) in [4.78, 5) is 18.2. The van der Waals surface area contributed by atoms with E-state index in [4.69, 9.17) is 9.79 Å². The predicted molar refractivity (Wildman–Crippen MR) is 88.6 cm³/mol. The van der Waals surface area contributed by atoms with Gasteiger partial charge >= 0.3 is 7.75 Å². The fraction of sp³-hybridized carbons (Fsp3) is 0.312. The number of nitrogens with zero attached hydrogens (tertiary/aromatic N) is 1. The van der Waals surface area contributed by atoms with Gasteiger partial charge in [0.1, 0.15) is 11.5 Å². The maximum atomic E-state index is 11.2. The average Bonchev–Trinajstić information content (AvgIpc) is 2.47. The van der Waals surface area contributed by atoms with Crippen molar-refractivity contribution in [1.29, 1.82) is 0 Å². The molecule has 23 heavy (non-hydrogen) atoms. The van der Waals surface area contributed by atoms with Gasteiger partial charge < -0.3 is 20.0 Å². The van der Waals surface area contributed by atoms with Crippen LogP contribution in [0.3, 0.4) is 0 Å². The SMILES string of the molecule is CCC(CC1=CC(O)=CCC1=NP(=O)(O)O)c1ccc(O)cc1. The number of hydrogen-bond donors (Lipinski definition) is 4. The summed E-state index contributed by atoms with van der Waals surface area (Å²) < 4.78 is 14.7. The molecule has 1 unspecified atom stereocenters. The Bertz CT molecular complexity index is 700. The van der Waals surface area contributed by atoms with E-state index in [1.807, 2.05) is 19.1 Å². The van der Waals surface area contributed by atoms with E-state index in [0.717, 1.165) is 12.0 Å². The largest absolute Gasteiger partial charge is 0.508 e. The van der Waals surface area contributed by atoms with E-state index in [1.165, 1.54) is 12.2 Å². The molecule has 1 atom stereocenters. The molecule has 1 aliphatic carbocycles. The lowest BCUT2D eigenvalue weighted by Crippen LogP contribution is -2.11. The lowest BCUT2D eigenvalue weighted by atomic mass is 9.86. The van der Waals surface area contributed by atoms with Crippen LogP contribution in [0.2, 0.25) is 0 Å². The molecule has 0 radical (unpaired) electrons. The van der Waals surface area contributed by atoms with E-state index in [0.29, 0.717) is 17.7 Å². The fourth-order valence-electron chi connectivity index (χ4n) is 2.60. The zero-order valence-electron chi connectivity index (χ0n) is 12.8. The van der Waals surface area contributed by atoms with Crippen LogP contribution in [0.25, 0.3) is 0 Å². The summed E-state index contributed by atoms with van der Waals surface area (Å²) in [7, 11) is -4.52. The highest BCUT2D eigenvalue weighted by Gasteiger charge is 2.21. The van der Waals surface area contributed by atoms with E-state index < -0.39 is 7.75 Å². The topological polar surface area (TPSA) is 110 Å². The number of aliphatic hydroxyl groups is 1. The van der Waals surface area contributed by atoms with Gasteiger partial charge in [0.2, 0.25) is 0 Å². The smallest absolute Gasteiger partial charge is 0.448 e. The Kier molecular flexibility index (Phi) is 5.42. The van der Waals surface area contributed by atoms with Gasteiger partial charge in [-0.3, -0.25) is 0 Å². The molecule has 0 aliphatic heterocycles. The van der Waals surface area contributed by atoms with Crippen molar-refractivity contribution in [2.75, 3.05) is 0 Å². The molecule has 1 aromatic rings. The van der Waals surface area contributed by atoms with Crippen LogP contribution in [0.15, 0.2) is 52.5 Å². The van der Waals surface area contributed by atoms with E-state index >= 15 is 0 Å². The molecule has 0 amide bonds. The number of phenols is 1. The van der Waals surface area contributed by atoms with E-state index in [-0.39, 0.29) is 23.8 Å². The summed E-state index contributed by atoms with van der Waals surface area (Å²) in [5.74, 6) is 0.352. The van der Waals surface area contributed by atoms with Crippen molar-refractivity contribution in [2.24, 2.45) is 4.76 Å². The summed E-state index contributed by atoms with van der Waals surface area (Å²) in [6.45, 7) is 2.01. The van der Waals surface area contributed by atoms with E-state index in [2.05, 4.69) is 4.76 Å². The minimum absolute atomic E-state index is 0.0743. The minimum atomic E-state index is -4.52. The van der Waals surface area contributed by atoms with Gasteiger partial charge in [-0.05, 0) is 54.2 Å². The summed E-state index contributed by atoms with van der Waals surface area (Å²) >= 11 is 0. The number of aliphatic hydroxyl groups excluding tert-OH is 1. The van der Waals surface area contributed by atoms with Crippen LogP contribution in [0, 0.1) is 0 Å². The molecule has 6 nitrogen and oxygen atoms in total. The van der Waals surface area contributed by atoms with Crippen LogP contribution >= 0.6 is 7.75 Å². The number of allylic oxidation sites excluding steroid dienone is 3. The number of hydrogen-bond acceptors (Lipinski definition) is 3. The molecule has 0 fully saturated rings. The van der Waals surface area contributed by atoms with Crippen molar-refractivity contribution in [3.8, 4) is 5.75 Å². The summed E-state index contributed by atoms with van der Waals surface area (Å²) in [6, 6.07) is 6.86. The molecular weight excluding hydrogens is 317 g/mol. The maximum Gasteiger partial charge on any atom is 0.448 e. The minimum Gasteiger partial charge on any atom is -0.508 e. The van der Waals surface area contributed by atoms with Crippen molar-refractivity contribution < 1.29 is 24.6 Å². The molecule has 4 N–H and O–H groups in total. The first-order valence-corrected chi connectivity index (χ1v) is 8.88. The first-order chi connectivity index (χ1) is 10.8. The number of phenolic OH excluding ortho intramolecular Hbond substituents is 1. The second kappa shape index (κ2) is 7.13. The first-order valence-electron chi connectivity index (χ1n) is 7.32. The molecule has 1 aliphatic rings. The first kappa shape index (κ1) is 17.5. The predicted octanol–water partition coefficient (Wildman–Crippen LogP) is 3.58. The van der Waals surface area contributed by atoms with Gasteiger partial charge in [0.25, 0.3) is 0 Å². The van der Waals surface area contributed by atoms with Gasteiger partial charge in [-0.2, -0.15) is 4.76 Å². The molecule has 1 aromatic carbocycles. The van der Waals surface area contributed by atoms with Crippen molar-refractivity contribution in [1.82, 2.24) is 0 Å². The molecule has 0 heterocycles. The Labute approximate surface area is 134 Å². The van der Waals surface area contributed by atoms with Crippen LogP contribution in [-0.2, 0) is 4.57 Å². The zero-order valence-corrected chi connectivity index (χ0v) is 13.6. The highest BCUT2D eigenvalue weighted by atomic mass is 31.2. The Hall–Kier alpha value is -1.88. The molecule has 0 aromatic heterocycles. The highest BCUT2D eigenvalue weighted by Crippen LogP contribution is 2.39. The van der Waals surface area contributed by atoms with Crippen molar-refractivity contribution in [3.63, 3.8) is 0 Å². The van der Waals surface area contributed by atoms with Crippen molar-refractivity contribution in [3.05, 3.63) is 53.3 Å².